The molecule has 0 aliphatic rings. The SMILES string of the molecule is CCCCNC(=O)Nc1cc(Cl)ccc1C#CCN. The maximum atomic E-state index is 11.7. The molecule has 0 heterocycles. The molecular weight excluding hydrogens is 262 g/mol. The molecule has 0 saturated heterocycles. The molecule has 0 bridgehead atoms. The molecule has 102 valence electrons. The number of rotatable bonds is 4. The number of carbonyl (C=O) groups is 1. The van der Waals surface area contributed by atoms with Gasteiger partial charge in [-0.2, -0.15) is 0 Å². The minimum absolute atomic E-state index is 0.258. The van der Waals surface area contributed by atoms with E-state index in [1.54, 1.807) is 18.2 Å². The highest BCUT2D eigenvalue weighted by molar-refractivity contribution is 6.31. The number of benzene rings is 1. The molecule has 0 aromatic heterocycles. The second kappa shape index (κ2) is 8.41. The van der Waals surface area contributed by atoms with Crippen LogP contribution in [0.1, 0.15) is 25.3 Å². The van der Waals surface area contributed by atoms with Crippen LogP contribution in [0.5, 0.6) is 0 Å². The second-order valence-electron chi connectivity index (χ2n) is 3.93. The van der Waals surface area contributed by atoms with E-state index in [0.717, 1.165) is 12.8 Å². The summed E-state index contributed by atoms with van der Waals surface area (Å²) in [7, 11) is 0. The van der Waals surface area contributed by atoms with Crippen molar-refractivity contribution in [3.63, 3.8) is 0 Å². The Bertz CT molecular complexity index is 491. The summed E-state index contributed by atoms with van der Waals surface area (Å²) in [6, 6.07) is 4.89. The smallest absolute Gasteiger partial charge is 0.319 e. The third-order valence-electron chi connectivity index (χ3n) is 2.37. The second-order valence-corrected chi connectivity index (χ2v) is 4.37. The van der Waals surface area contributed by atoms with E-state index in [2.05, 4.69) is 29.4 Å². The highest BCUT2D eigenvalue weighted by atomic mass is 35.5. The van der Waals surface area contributed by atoms with Crippen LogP contribution in [0.2, 0.25) is 5.02 Å². The predicted octanol–water partition coefficient (Wildman–Crippen LogP) is 2.57. The van der Waals surface area contributed by atoms with Crippen LogP contribution in [-0.2, 0) is 0 Å². The van der Waals surface area contributed by atoms with E-state index in [0.29, 0.717) is 22.8 Å². The minimum Gasteiger partial charge on any atom is -0.338 e. The van der Waals surface area contributed by atoms with Crippen molar-refractivity contribution in [1.82, 2.24) is 5.32 Å². The molecule has 0 atom stereocenters. The largest absolute Gasteiger partial charge is 0.338 e. The lowest BCUT2D eigenvalue weighted by Gasteiger charge is -2.09. The van der Waals surface area contributed by atoms with Crippen molar-refractivity contribution < 1.29 is 4.79 Å². The van der Waals surface area contributed by atoms with Gasteiger partial charge in [0.05, 0.1) is 12.2 Å². The maximum Gasteiger partial charge on any atom is 0.319 e. The summed E-state index contributed by atoms with van der Waals surface area (Å²) in [6.45, 7) is 2.98. The molecule has 1 rings (SSSR count). The zero-order valence-corrected chi connectivity index (χ0v) is 11.7. The summed E-state index contributed by atoms with van der Waals surface area (Å²) in [6.07, 6.45) is 1.98. The fourth-order valence-electron chi connectivity index (χ4n) is 1.42. The lowest BCUT2D eigenvalue weighted by molar-refractivity contribution is 0.252. The number of urea groups is 1. The van der Waals surface area contributed by atoms with E-state index in [1.165, 1.54) is 0 Å². The Balaban J connectivity index is 2.75. The number of nitrogens with two attached hydrogens (primary N) is 1. The van der Waals surface area contributed by atoms with Crippen LogP contribution < -0.4 is 16.4 Å². The Morgan fingerprint density at radius 1 is 1.47 bits per heavy atom. The summed E-state index contributed by atoms with van der Waals surface area (Å²) in [4.78, 5) is 11.7. The Labute approximate surface area is 118 Å². The van der Waals surface area contributed by atoms with Crippen LogP contribution in [0.25, 0.3) is 0 Å². The van der Waals surface area contributed by atoms with E-state index in [9.17, 15) is 4.79 Å². The van der Waals surface area contributed by atoms with Gasteiger partial charge in [0.2, 0.25) is 0 Å². The standard InChI is InChI=1S/C14H18ClN3O/c1-2-3-9-17-14(19)18-13-10-12(15)7-6-11(13)5-4-8-16/h6-7,10H,2-3,8-9,16H2,1H3,(H2,17,18,19). The van der Waals surface area contributed by atoms with Gasteiger partial charge in [-0.3, -0.25) is 0 Å². The molecule has 1 aromatic carbocycles. The van der Waals surface area contributed by atoms with Gasteiger partial charge in [-0.1, -0.05) is 36.8 Å². The van der Waals surface area contributed by atoms with Crippen LogP contribution >= 0.6 is 11.6 Å². The van der Waals surface area contributed by atoms with Gasteiger partial charge in [-0.15, -0.1) is 0 Å². The average molecular weight is 280 g/mol. The molecule has 0 fully saturated rings. The van der Waals surface area contributed by atoms with E-state index < -0.39 is 0 Å². The summed E-state index contributed by atoms with van der Waals surface area (Å²) in [5, 5.41) is 6.05. The molecule has 4 N–H and O–H groups in total. The van der Waals surface area contributed by atoms with Gasteiger partial charge in [0.25, 0.3) is 0 Å². The number of halogens is 1. The number of unbranched alkanes of at least 4 members (excludes halogenated alkanes) is 1. The zero-order valence-electron chi connectivity index (χ0n) is 10.9. The summed E-state index contributed by atoms with van der Waals surface area (Å²) < 4.78 is 0. The first kappa shape index (κ1) is 15.4. The van der Waals surface area contributed by atoms with Crippen molar-refractivity contribution >= 4 is 23.3 Å². The molecular formula is C14H18ClN3O. The first-order valence-corrected chi connectivity index (χ1v) is 6.58. The topological polar surface area (TPSA) is 67.2 Å². The molecule has 19 heavy (non-hydrogen) atoms. The fourth-order valence-corrected chi connectivity index (χ4v) is 1.59. The van der Waals surface area contributed by atoms with Gasteiger partial charge in [0, 0.05) is 17.1 Å². The fraction of sp³-hybridized carbons (Fsp3) is 0.357. The third kappa shape index (κ3) is 5.64. The number of carbonyl (C=O) groups excluding carboxylic acids is 1. The molecule has 0 unspecified atom stereocenters. The lowest BCUT2D eigenvalue weighted by atomic mass is 10.2. The third-order valence-corrected chi connectivity index (χ3v) is 2.61. The van der Waals surface area contributed by atoms with Crippen molar-refractivity contribution in [1.29, 1.82) is 0 Å². The Hall–Kier alpha value is -1.70. The number of hydrogen-bond acceptors (Lipinski definition) is 2. The highest BCUT2D eigenvalue weighted by Gasteiger charge is 2.05. The van der Waals surface area contributed by atoms with Crippen molar-refractivity contribution in [2.24, 2.45) is 5.73 Å². The van der Waals surface area contributed by atoms with Crippen molar-refractivity contribution in [3.05, 3.63) is 28.8 Å². The van der Waals surface area contributed by atoms with Gasteiger partial charge in [-0.05, 0) is 24.6 Å². The summed E-state index contributed by atoms with van der Waals surface area (Å²) in [5.41, 5.74) is 6.62. The van der Waals surface area contributed by atoms with Gasteiger partial charge in [0.15, 0.2) is 0 Å². The minimum atomic E-state index is -0.258. The van der Waals surface area contributed by atoms with E-state index in [4.69, 9.17) is 17.3 Å². The number of nitrogens with one attached hydrogen (secondary N) is 2. The van der Waals surface area contributed by atoms with Crippen LogP contribution in [0, 0.1) is 11.8 Å². The Morgan fingerprint density at radius 2 is 2.26 bits per heavy atom. The highest BCUT2D eigenvalue weighted by Crippen LogP contribution is 2.20. The van der Waals surface area contributed by atoms with Crippen LogP contribution in [-0.4, -0.2) is 19.1 Å². The quantitative estimate of drug-likeness (QED) is 0.586. The van der Waals surface area contributed by atoms with E-state index >= 15 is 0 Å². The first-order chi connectivity index (χ1) is 9.17. The Morgan fingerprint density at radius 3 is 2.95 bits per heavy atom. The van der Waals surface area contributed by atoms with Gasteiger partial charge in [0.1, 0.15) is 0 Å². The molecule has 0 aliphatic carbocycles. The molecule has 0 radical (unpaired) electrons. The first-order valence-electron chi connectivity index (χ1n) is 6.20. The predicted molar refractivity (Wildman–Crippen MR) is 79.3 cm³/mol. The molecule has 5 heteroatoms. The molecule has 2 amide bonds. The normalized spacial score (nSPS) is 9.42. The van der Waals surface area contributed by atoms with Crippen molar-refractivity contribution in [2.75, 3.05) is 18.4 Å². The number of hydrogen-bond donors (Lipinski definition) is 3. The Kier molecular flexibility index (Phi) is 6.80. The van der Waals surface area contributed by atoms with Crippen molar-refractivity contribution in [3.8, 4) is 11.8 Å². The zero-order chi connectivity index (χ0) is 14.1. The number of amides is 2. The summed E-state index contributed by atoms with van der Waals surface area (Å²) in [5.74, 6) is 5.65. The lowest BCUT2D eigenvalue weighted by Crippen LogP contribution is -2.29. The molecule has 0 saturated carbocycles. The van der Waals surface area contributed by atoms with E-state index in [-0.39, 0.29) is 12.6 Å². The average Bonchev–Trinajstić information content (AvgIpc) is 2.38. The van der Waals surface area contributed by atoms with Gasteiger partial charge >= 0.3 is 6.03 Å². The molecule has 0 spiro atoms. The van der Waals surface area contributed by atoms with Crippen LogP contribution in [0.15, 0.2) is 18.2 Å². The molecule has 4 nitrogen and oxygen atoms in total. The number of anilines is 1. The monoisotopic (exact) mass is 279 g/mol. The maximum absolute atomic E-state index is 11.7. The van der Waals surface area contributed by atoms with Crippen LogP contribution in [0.4, 0.5) is 10.5 Å². The molecule has 0 aliphatic heterocycles. The van der Waals surface area contributed by atoms with Crippen LogP contribution in [0.3, 0.4) is 0 Å². The molecule has 1 aromatic rings. The van der Waals surface area contributed by atoms with Gasteiger partial charge in [-0.25, -0.2) is 4.79 Å². The van der Waals surface area contributed by atoms with Crippen molar-refractivity contribution in [2.45, 2.75) is 19.8 Å². The van der Waals surface area contributed by atoms with E-state index in [1.807, 2.05) is 0 Å². The summed E-state index contributed by atoms with van der Waals surface area (Å²) >= 11 is 5.92. The van der Waals surface area contributed by atoms with Gasteiger partial charge < -0.3 is 16.4 Å².